The smallest absolute Gasteiger partial charge is 0.126 e. The molecule has 5 heteroatoms. The van der Waals surface area contributed by atoms with Gasteiger partial charge >= 0.3 is 0 Å². The Bertz CT molecular complexity index is 662. The third-order valence-corrected chi connectivity index (χ3v) is 4.87. The van der Waals surface area contributed by atoms with E-state index in [2.05, 4.69) is 15.9 Å². The van der Waals surface area contributed by atoms with Gasteiger partial charge in [0.1, 0.15) is 11.9 Å². The Morgan fingerprint density at radius 2 is 1.95 bits per heavy atom. The minimum absolute atomic E-state index is 0.0766. The largest absolute Gasteiger partial charge is 0.485 e. The highest BCUT2D eigenvalue weighted by atomic mass is 79.9. The van der Waals surface area contributed by atoms with Crippen LogP contribution in [0.2, 0.25) is 10.0 Å². The predicted molar refractivity (Wildman–Crippen MR) is 85.5 cm³/mol. The summed E-state index contributed by atoms with van der Waals surface area (Å²) in [5, 5.41) is 1.36. The molecule has 2 N–H and O–H groups in total. The third-order valence-electron chi connectivity index (χ3n) is 3.42. The monoisotopic (exact) mass is 371 g/mol. The number of hydrogen-bond acceptors (Lipinski definition) is 2. The van der Waals surface area contributed by atoms with Gasteiger partial charge in [-0.25, -0.2) is 0 Å². The van der Waals surface area contributed by atoms with Crippen LogP contribution in [0.5, 0.6) is 5.75 Å². The van der Waals surface area contributed by atoms with Gasteiger partial charge in [0.2, 0.25) is 0 Å². The molecule has 2 aromatic carbocycles. The van der Waals surface area contributed by atoms with E-state index in [1.165, 1.54) is 0 Å². The normalized spacial score (nSPS) is 21.2. The molecule has 20 heavy (non-hydrogen) atoms. The van der Waals surface area contributed by atoms with E-state index in [4.69, 9.17) is 33.7 Å². The lowest BCUT2D eigenvalue weighted by atomic mass is 9.94. The zero-order valence-electron chi connectivity index (χ0n) is 10.4. The van der Waals surface area contributed by atoms with E-state index in [-0.39, 0.29) is 12.1 Å². The highest BCUT2D eigenvalue weighted by Crippen LogP contribution is 2.41. The van der Waals surface area contributed by atoms with Crippen LogP contribution in [0.15, 0.2) is 40.9 Å². The Kier molecular flexibility index (Phi) is 3.95. The minimum Gasteiger partial charge on any atom is -0.485 e. The first kappa shape index (κ1) is 14.2. The van der Waals surface area contributed by atoms with Crippen LogP contribution in [0.3, 0.4) is 0 Å². The number of fused-ring (bicyclic) bond motifs is 1. The maximum Gasteiger partial charge on any atom is 0.126 e. The number of benzene rings is 2. The Labute approximate surface area is 136 Å². The molecule has 0 aliphatic carbocycles. The highest BCUT2D eigenvalue weighted by molar-refractivity contribution is 9.10. The van der Waals surface area contributed by atoms with Gasteiger partial charge in [0.05, 0.1) is 5.02 Å². The van der Waals surface area contributed by atoms with Gasteiger partial charge < -0.3 is 10.5 Å². The Hall–Kier alpha value is -0.740. The molecule has 0 saturated heterocycles. The molecule has 0 amide bonds. The first-order chi connectivity index (χ1) is 9.54. The summed E-state index contributed by atoms with van der Waals surface area (Å²) in [6, 6.07) is 11.3. The molecule has 2 atom stereocenters. The molecule has 1 heterocycles. The van der Waals surface area contributed by atoms with Crippen molar-refractivity contribution in [3.05, 3.63) is 62.0 Å². The van der Waals surface area contributed by atoms with Crippen molar-refractivity contribution in [2.75, 3.05) is 0 Å². The van der Waals surface area contributed by atoms with Gasteiger partial charge in [-0.3, -0.25) is 0 Å². The standard InChI is InChI=1S/C15H12BrCl2NO/c16-11-5-8(1-3-12(11)18)15-7-13(19)10-6-9(17)2-4-14(10)20-15/h1-6,13,15H,7,19H2/t13-,15?/m1/s1. The van der Waals surface area contributed by atoms with Gasteiger partial charge in [-0.1, -0.05) is 29.3 Å². The minimum atomic E-state index is -0.0862. The number of halogens is 3. The molecule has 0 bridgehead atoms. The lowest BCUT2D eigenvalue weighted by molar-refractivity contribution is 0.161. The lowest BCUT2D eigenvalue weighted by Gasteiger charge is -2.30. The fourth-order valence-electron chi connectivity index (χ4n) is 2.39. The highest BCUT2D eigenvalue weighted by Gasteiger charge is 2.27. The summed E-state index contributed by atoms with van der Waals surface area (Å²) in [4.78, 5) is 0. The van der Waals surface area contributed by atoms with Crippen molar-refractivity contribution in [1.82, 2.24) is 0 Å². The van der Waals surface area contributed by atoms with Crippen LogP contribution in [-0.4, -0.2) is 0 Å². The van der Waals surface area contributed by atoms with Gasteiger partial charge in [0, 0.05) is 27.5 Å². The number of ether oxygens (including phenoxy) is 1. The number of rotatable bonds is 1. The van der Waals surface area contributed by atoms with Crippen molar-refractivity contribution in [3.63, 3.8) is 0 Å². The first-order valence-corrected chi connectivity index (χ1v) is 7.76. The molecule has 2 nitrogen and oxygen atoms in total. The van der Waals surface area contributed by atoms with Crippen LogP contribution in [0.25, 0.3) is 0 Å². The molecule has 0 aromatic heterocycles. The Morgan fingerprint density at radius 3 is 2.70 bits per heavy atom. The molecular formula is C15H12BrCl2NO. The van der Waals surface area contributed by atoms with Crippen molar-refractivity contribution >= 4 is 39.1 Å². The summed E-state index contributed by atoms with van der Waals surface area (Å²) in [5.41, 5.74) is 8.25. The summed E-state index contributed by atoms with van der Waals surface area (Å²) < 4.78 is 6.89. The predicted octanol–water partition coefficient (Wildman–Crippen LogP) is 5.28. The second kappa shape index (κ2) is 5.57. The average molecular weight is 373 g/mol. The van der Waals surface area contributed by atoms with E-state index >= 15 is 0 Å². The molecule has 104 valence electrons. The van der Waals surface area contributed by atoms with Crippen LogP contribution in [0.4, 0.5) is 0 Å². The molecule has 1 aliphatic heterocycles. The van der Waals surface area contributed by atoms with Crippen molar-refractivity contribution in [3.8, 4) is 5.75 Å². The van der Waals surface area contributed by atoms with E-state index in [0.29, 0.717) is 16.5 Å². The van der Waals surface area contributed by atoms with E-state index in [1.54, 1.807) is 0 Å². The number of hydrogen-bond donors (Lipinski definition) is 1. The molecule has 0 fully saturated rings. The summed E-state index contributed by atoms with van der Waals surface area (Å²) in [5.74, 6) is 0.796. The molecule has 2 aromatic rings. The van der Waals surface area contributed by atoms with E-state index in [0.717, 1.165) is 21.3 Å². The lowest BCUT2D eigenvalue weighted by Crippen LogP contribution is -2.24. The van der Waals surface area contributed by atoms with E-state index < -0.39 is 0 Å². The maximum atomic E-state index is 6.23. The zero-order chi connectivity index (χ0) is 14.3. The van der Waals surface area contributed by atoms with Crippen LogP contribution in [-0.2, 0) is 0 Å². The second-order valence-corrected chi connectivity index (χ2v) is 6.50. The average Bonchev–Trinajstić information content (AvgIpc) is 2.42. The quantitative estimate of drug-likeness (QED) is 0.738. The SMILES string of the molecule is N[C@@H]1CC(c2ccc(Cl)c(Br)c2)Oc2ccc(Cl)cc21. The zero-order valence-corrected chi connectivity index (χ0v) is 13.5. The van der Waals surface area contributed by atoms with E-state index in [1.807, 2.05) is 36.4 Å². The van der Waals surface area contributed by atoms with Crippen molar-refractivity contribution in [2.24, 2.45) is 5.73 Å². The maximum absolute atomic E-state index is 6.23. The molecule has 3 rings (SSSR count). The molecular weight excluding hydrogens is 361 g/mol. The van der Waals surface area contributed by atoms with E-state index in [9.17, 15) is 0 Å². The summed E-state index contributed by atoms with van der Waals surface area (Å²) >= 11 is 15.5. The van der Waals surface area contributed by atoms with Gasteiger partial charge in [-0.05, 0) is 51.8 Å². The van der Waals surface area contributed by atoms with Crippen LogP contribution >= 0.6 is 39.1 Å². The molecule has 1 unspecified atom stereocenters. The second-order valence-electron chi connectivity index (χ2n) is 4.80. The number of nitrogens with two attached hydrogens (primary N) is 1. The molecule has 1 aliphatic rings. The van der Waals surface area contributed by atoms with Crippen molar-refractivity contribution < 1.29 is 4.74 Å². The summed E-state index contributed by atoms with van der Waals surface area (Å²) in [6.07, 6.45) is 0.633. The van der Waals surface area contributed by atoms with Gasteiger partial charge in [-0.15, -0.1) is 0 Å². The first-order valence-electron chi connectivity index (χ1n) is 6.21. The summed E-state index contributed by atoms with van der Waals surface area (Å²) in [6.45, 7) is 0. The Balaban J connectivity index is 1.94. The van der Waals surface area contributed by atoms with Gasteiger partial charge in [0.15, 0.2) is 0 Å². The molecule has 0 spiro atoms. The third kappa shape index (κ3) is 2.68. The van der Waals surface area contributed by atoms with Crippen molar-refractivity contribution in [1.29, 1.82) is 0 Å². The van der Waals surface area contributed by atoms with Crippen LogP contribution in [0.1, 0.15) is 29.7 Å². The van der Waals surface area contributed by atoms with Gasteiger partial charge in [-0.2, -0.15) is 0 Å². The summed E-state index contributed by atoms with van der Waals surface area (Å²) in [7, 11) is 0. The Morgan fingerprint density at radius 1 is 1.15 bits per heavy atom. The van der Waals surface area contributed by atoms with Crippen LogP contribution < -0.4 is 10.5 Å². The fraction of sp³-hybridized carbons (Fsp3) is 0.200. The topological polar surface area (TPSA) is 35.2 Å². The van der Waals surface area contributed by atoms with Gasteiger partial charge in [0.25, 0.3) is 0 Å². The van der Waals surface area contributed by atoms with Crippen LogP contribution in [0, 0.1) is 0 Å². The van der Waals surface area contributed by atoms with Crippen molar-refractivity contribution in [2.45, 2.75) is 18.6 Å². The molecule has 0 saturated carbocycles. The fourth-order valence-corrected chi connectivity index (χ4v) is 3.09. The molecule has 0 radical (unpaired) electrons.